The van der Waals surface area contributed by atoms with Crippen molar-refractivity contribution in [1.82, 2.24) is 5.32 Å². The molecule has 3 saturated heterocycles. The molecule has 3 aliphatic heterocycles. The third kappa shape index (κ3) is 9.33. The van der Waals surface area contributed by atoms with E-state index < -0.39 is 102 Å². The lowest BCUT2D eigenvalue weighted by Gasteiger charge is -2.49. The van der Waals surface area contributed by atoms with Gasteiger partial charge in [0.15, 0.2) is 12.6 Å². The third-order valence-corrected chi connectivity index (χ3v) is 12.0. The van der Waals surface area contributed by atoms with Crippen molar-refractivity contribution >= 4 is 11.8 Å². The number of ether oxygens (including phenoxy) is 7. The fourth-order valence-electron chi connectivity index (χ4n) is 8.38. The van der Waals surface area contributed by atoms with Gasteiger partial charge in [-0.25, -0.2) is 0 Å². The Morgan fingerprint density at radius 3 is 2.02 bits per heavy atom. The zero-order chi connectivity index (χ0) is 38.8. The van der Waals surface area contributed by atoms with Gasteiger partial charge in [-0.1, -0.05) is 27.7 Å². The lowest BCUT2D eigenvalue weighted by Crippen LogP contribution is -2.61. The molecule has 0 aromatic carbocycles. The van der Waals surface area contributed by atoms with Gasteiger partial charge in [-0.2, -0.15) is 0 Å². The smallest absolute Gasteiger partial charge is 0.311 e. The first-order chi connectivity index (χ1) is 23.6. The highest BCUT2D eigenvalue weighted by atomic mass is 16.7. The summed E-state index contributed by atoms with van der Waals surface area (Å²) < 4.78 is 43.7. The van der Waals surface area contributed by atoms with Crippen LogP contribution in [0.4, 0.5) is 0 Å². The van der Waals surface area contributed by atoms with E-state index in [4.69, 9.17) is 33.2 Å². The number of nitrogens with one attached hydrogen (secondary N) is 1. The maximum absolute atomic E-state index is 14.1. The molecule has 298 valence electrons. The van der Waals surface area contributed by atoms with Crippen LogP contribution in [0.1, 0.15) is 94.9 Å². The van der Waals surface area contributed by atoms with Gasteiger partial charge < -0.3 is 58.9 Å². The largest absolute Gasteiger partial charge is 0.459 e. The zero-order valence-electron chi connectivity index (χ0n) is 33.0. The summed E-state index contributed by atoms with van der Waals surface area (Å²) in [6, 6.07) is -0.334. The molecule has 3 heterocycles. The topological polar surface area (TPSA) is 192 Å². The van der Waals surface area contributed by atoms with Crippen molar-refractivity contribution in [3.8, 4) is 0 Å². The summed E-state index contributed by atoms with van der Waals surface area (Å²) in [6.45, 7) is 17.0. The molecule has 0 aromatic rings. The maximum atomic E-state index is 14.1. The Kier molecular flexibility index (Phi) is 15.1. The highest BCUT2D eigenvalue weighted by Crippen LogP contribution is 2.41. The number of hydrogen-bond donors (Lipinski definition) is 5. The molecule has 0 amide bonds. The molecule has 14 nitrogen and oxygen atoms in total. The molecule has 0 bridgehead atoms. The van der Waals surface area contributed by atoms with Crippen LogP contribution in [0.25, 0.3) is 0 Å². The molecule has 0 unspecified atom stereocenters. The minimum absolute atomic E-state index is 0.109. The van der Waals surface area contributed by atoms with Gasteiger partial charge in [0.05, 0.1) is 47.6 Å². The molecular weight excluding hydrogens is 666 g/mol. The number of hydrogen-bond acceptors (Lipinski definition) is 14. The number of esters is 1. The second kappa shape index (κ2) is 17.4. The monoisotopic (exact) mass is 733 g/mol. The van der Waals surface area contributed by atoms with E-state index in [-0.39, 0.29) is 37.2 Å². The van der Waals surface area contributed by atoms with E-state index >= 15 is 0 Å². The standard InChI is InChI=1S/C37H67NO13/c1-14-25-37(10,44)30(41)20(4)27(39)18(2)16-36(9,46-13)32(51-34-28(40)24(38-11)15-19(3)47-34)21(5)29(22(6)33(43)49-25)50-26-17-35(8,45-12)31(42)23(7)48-26/h18-26,28-32,34,38,40-42,44H,14-17H2,1-13H3/t18-,19+,20-,21-,22+,23-,24-,25+,26-,28+,29-,30+,31-,32+,34-,35+,36+,37+/m0/s1. The maximum Gasteiger partial charge on any atom is 0.311 e. The molecule has 0 saturated carbocycles. The third-order valence-electron chi connectivity index (χ3n) is 12.0. The summed E-state index contributed by atoms with van der Waals surface area (Å²) in [5.74, 6) is -4.47. The van der Waals surface area contributed by atoms with Crippen LogP contribution in [0.3, 0.4) is 0 Å². The fourth-order valence-corrected chi connectivity index (χ4v) is 8.38. The van der Waals surface area contributed by atoms with Crippen molar-refractivity contribution in [1.29, 1.82) is 0 Å². The summed E-state index contributed by atoms with van der Waals surface area (Å²) in [6.07, 6.45) is -8.78. The van der Waals surface area contributed by atoms with Gasteiger partial charge >= 0.3 is 5.97 Å². The number of ketones is 1. The van der Waals surface area contributed by atoms with E-state index in [9.17, 15) is 30.0 Å². The molecule has 3 aliphatic rings. The van der Waals surface area contributed by atoms with Crippen molar-refractivity contribution in [2.24, 2.45) is 23.7 Å². The number of methoxy groups -OCH3 is 2. The molecule has 3 rings (SSSR count). The summed E-state index contributed by atoms with van der Waals surface area (Å²) >= 11 is 0. The van der Waals surface area contributed by atoms with Crippen molar-refractivity contribution in [2.45, 2.75) is 179 Å². The van der Waals surface area contributed by atoms with Crippen LogP contribution in [-0.4, -0.2) is 138 Å². The SMILES string of the molecule is CC[C@H]1OC(=O)[C@H](C)[C@@H](O[C@H]2C[C@@](C)(OC)[C@@H](O)[C@H](C)O2)[C@H](C)[C@@H](O[C@@H]2O[C@H](C)C[C@H](NC)[C@H]2O)[C@](C)(OC)C[C@H](C)C(=O)[C@H](C)[C@@H](O)[C@]1(C)O. The highest BCUT2D eigenvalue weighted by molar-refractivity contribution is 5.83. The Morgan fingerprint density at radius 2 is 1.47 bits per heavy atom. The Balaban J connectivity index is 2.21. The van der Waals surface area contributed by atoms with Crippen molar-refractivity contribution in [2.75, 3.05) is 21.3 Å². The van der Waals surface area contributed by atoms with Crippen LogP contribution in [0.15, 0.2) is 0 Å². The van der Waals surface area contributed by atoms with E-state index in [0.717, 1.165) is 0 Å². The van der Waals surface area contributed by atoms with Crippen LogP contribution in [0.2, 0.25) is 0 Å². The molecule has 18 atom stereocenters. The van der Waals surface area contributed by atoms with Crippen LogP contribution < -0.4 is 5.32 Å². The Bertz CT molecular complexity index is 1160. The molecule has 0 aliphatic carbocycles. The molecule has 51 heavy (non-hydrogen) atoms. The summed E-state index contributed by atoms with van der Waals surface area (Å²) in [5.41, 5.74) is -4.24. The quantitative estimate of drug-likeness (QED) is 0.228. The first-order valence-corrected chi connectivity index (χ1v) is 18.5. The number of rotatable bonds is 8. The first kappa shape index (κ1) is 44.1. The van der Waals surface area contributed by atoms with Gasteiger partial charge in [-0.3, -0.25) is 9.59 Å². The van der Waals surface area contributed by atoms with Crippen molar-refractivity contribution in [3.63, 3.8) is 0 Å². The van der Waals surface area contributed by atoms with Crippen LogP contribution in [-0.2, 0) is 42.7 Å². The molecular formula is C37H67NO13. The number of likely N-dealkylation sites (N-methyl/N-ethyl adjacent to an activating group) is 1. The van der Waals surface area contributed by atoms with Crippen LogP contribution in [0, 0.1) is 23.7 Å². The van der Waals surface area contributed by atoms with E-state index in [0.29, 0.717) is 6.42 Å². The lowest BCUT2D eigenvalue weighted by atomic mass is 9.74. The normalized spacial score (nSPS) is 49.6. The molecule has 5 N–H and O–H groups in total. The number of carbonyl (C=O) groups is 2. The van der Waals surface area contributed by atoms with E-state index in [1.807, 2.05) is 13.8 Å². The molecule has 0 aromatic heterocycles. The number of Topliss-reactive ketones (excluding diaryl/α,β-unsaturated/α-hetero) is 1. The van der Waals surface area contributed by atoms with Gasteiger partial charge in [0.25, 0.3) is 0 Å². The fraction of sp³-hybridized carbons (Fsp3) is 0.946. The predicted octanol–water partition coefficient (Wildman–Crippen LogP) is 2.10. The van der Waals surface area contributed by atoms with Gasteiger partial charge in [-0.15, -0.1) is 0 Å². The average molecular weight is 734 g/mol. The summed E-state index contributed by atoms with van der Waals surface area (Å²) in [7, 11) is 4.75. The minimum Gasteiger partial charge on any atom is -0.459 e. The van der Waals surface area contributed by atoms with Gasteiger partial charge in [-0.05, 0) is 67.9 Å². The van der Waals surface area contributed by atoms with Gasteiger partial charge in [0.1, 0.15) is 29.7 Å². The molecule has 14 heteroatoms. The molecule has 0 radical (unpaired) electrons. The second-order valence-electron chi connectivity index (χ2n) is 16.0. The van der Waals surface area contributed by atoms with Crippen molar-refractivity contribution < 1.29 is 63.2 Å². The number of aliphatic hydroxyl groups is 4. The highest BCUT2D eigenvalue weighted by Gasteiger charge is 2.54. The number of carbonyl (C=O) groups excluding carboxylic acids is 2. The first-order valence-electron chi connectivity index (χ1n) is 18.5. The van der Waals surface area contributed by atoms with Gasteiger partial charge in [0.2, 0.25) is 0 Å². The Hall–Kier alpha value is -1.30. The van der Waals surface area contributed by atoms with Crippen molar-refractivity contribution in [3.05, 3.63) is 0 Å². The van der Waals surface area contributed by atoms with E-state index in [1.54, 1.807) is 55.5 Å². The molecule has 3 fully saturated rings. The Morgan fingerprint density at radius 1 is 0.863 bits per heavy atom. The molecule has 0 spiro atoms. The second-order valence-corrected chi connectivity index (χ2v) is 16.0. The summed E-state index contributed by atoms with van der Waals surface area (Å²) in [4.78, 5) is 28.1. The number of cyclic esters (lactones) is 1. The zero-order valence-corrected chi connectivity index (χ0v) is 33.0. The van der Waals surface area contributed by atoms with E-state index in [1.165, 1.54) is 21.1 Å². The lowest BCUT2D eigenvalue weighted by molar-refractivity contribution is -0.317. The van der Waals surface area contributed by atoms with Crippen LogP contribution in [0.5, 0.6) is 0 Å². The minimum atomic E-state index is -1.96. The predicted molar refractivity (Wildman–Crippen MR) is 186 cm³/mol. The van der Waals surface area contributed by atoms with Gasteiger partial charge in [0, 0.05) is 44.4 Å². The van der Waals surface area contributed by atoms with Crippen LogP contribution >= 0.6 is 0 Å². The average Bonchev–Trinajstić information content (AvgIpc) is 3.09. The summed E-state index contributed by atoms with van der Waals surface area (Å²) in [5, 5.41) is 48.4. The Labute approximate surface area is 304 Å². The number of aliphatic hydroxyl groups excluding tert-OH is 3. The van der Waals surface area contributed by atoms with E-state index in [2.05, 4.69) is 5.32 Å².